The Morgan fingerprint density at radius 2 is 2.14 bits per heavy atom. The number of nitrogens with zero attached hydrogens (tertiary/aromatic N) is 2. The van der Waals surface area contributed by atoms with Gasteiger partial charge in [-0.15, -0.1) is 0 Å². The summed E-state index contributed by atoms with van der Waals surface area (Å²) < 4.78 is 1.05. The molecule has 0 unspecified atom stereocenters. The molecule has 0 spiro atoms. The second kappa shape index (κ2) is 5.88. The highest BCUT2D eigenvalue weighted by molar-refractivity contribution is 7.22. The first kappa shape index (κ1) is 13.5. The van der Waals surface area contributed by atoms with E-state index >= 15 is 0 Å². The largest absolute Gasteiger partial charge is 0.385 e. The second-order valence-electron chi connectivity index (χ2n) is 4.39. The van der Waals surface area contributed by atoms with Gasteiger partial charge in [-0.2, -0.15) is 0 Å². The number of nitrogens with one attached hydrogen (secondary N) is 2. The van der Waals surface area contributed by atoms with Crippen LogP contribution in [0.4, 0.5) is 10.8 Å². The number of carbonyl (C=O) groups excluding carboxylic acids is 1. The molecule has 0 fully saturated rings. The van der Waals surface area contributed by atoms with Gasteiger partial charge in [0.15, 0.2) is 5.13 Å². The molecular weight excluding hydrogens is 284 g/mol. The molecule has 3 aromatic rings. The van der Waals surface area contributed by atoms with E-state index in [-0.39, 0.29) is 5.91 Å². The zero-order valence-corrected chi connectivity index (χ0v) is 12.3. The number of benzene rings is 1. The Labute approximate surface area is 126 Å². The number of hydrogen-bond donors (Lipinski definition) is 2. The summed E-state index contributed by atoms with van der Waals surface area (Å²) in [6.07, 6.45) is 3.22. The predicted octanol–water partition coefficient (Wildman–Crippen LogP) is 3.38. The number of rotatable bonds is 4. The van der Waals surface area contributed by atoms with Crippen LogP contribution in [0.1, 0.15) is 17.3 Å². The molecule has 6 heteroatoms. The standard InChI is InChI=1S/C15H14N4OS/c1-2-17-11-7-8-16-9-10(11)14(20)19-15-18-12-5-3-4-6-13(12)21-15/h3-9H,2H2,1H3,(H,16,17)(H,18,19,20). The highest BCUT2D eigenvalue weighted by atomic mass is 32.1. The van der Waals surface area contributed by atoms with Crippen LogP contribution in [0, 0.1) is 0 Å². The van der Waals surface area contributed by atoms with Gasteiger partial charge in [0.25, 0.3) is 5.91 Å². The number of fused-ring (bicyclic) bond motifs is 1. The SMILES string of the molecule is CCNc1ccncc1C(=O)Nc1nc2ccccc2s1. The van der Waals surface area contributed by atoms with Gasteiger partial charge in [-0.1, -0.05) is 23.5 Å². The highest BCUT2D eigenvalue weighted by Gasteiger charge is 2.13. The van der Waals surface area contributed by atoms with Crippen molar-refractivity contribution in [3.8, 4) is 0 Å². The van der Waals surface area contributed by atoms with Crippen LogP contribution in [0.5, 0.6) is 0 Å². The quantitative estimate of drug-likeness (QED) is 0.775. The smallest absolute Gasteiger partial charge is 0.261 e. The van der Waals surface area contributed by atoms with Crippen LogP contribution < -0.4 is 10.6 Å². The van der Waals surface area contributed by atoms with Crippen molar-refractivity contribution >= 4 is 38.3 Å². The zero-order chi connectivity index (χ0) is 14.7. The van der Waals surface area contributed by atoms with E-state index in [0.29, 0.717) is 10.7 Å². The molecule has 0 aliphatic carbocycles. The Kier molecular flexibility index (Phi) is 3.79. The van der Waals surface area contributed by atoms with Gasteiger partial charge in [0, 0.05) is 18.9 Å². The number of para-hydroxylation sites is 1. The molecule has 0 atom stereocenters. The summed E-state index contributed by atoms with van der Waals surface area (Å²) in [7, 11) is 0. The second-order valence-corrected chi connectivity index (χ2v) is 5.42. The first-order valence-corrected chi connectivity index (χ1v) is 7.44. The van der Waals surface area contributed by atoms with E-state index in [9.17, 15) is 4.79 Å². The van der Waals surface area contributed by atoms with Gasteiger partial charge in [-0.25, -0.2) is 4.98 Å². The molecular formula is C15H14N4OS. The van der Waals surface area contributed by atoms with Crippen LogP contribution >= 0.6 is 11.3 Å². The molecule has 0 aliphatic rings. The molecule has 1 amide bonds. The third kappa shape index (κ3) is 2.85. The third-order valence-electron chi connectivity index (χ3n) is 2.95. The van der Waals surface area contributed by atoms with Crippen LogP contribution in [-0.2, 0) is 0 Å². The maximum absolute atomic E-state index is 12.4. The zero-order valence-electron chi connectivity index (χ0n) is 11.5. The van der Waals surface area contributed by atoms with Gasteiger partial charge < -0.3 is 5.32 Å². The molecule has 0 saturated carbocycles. The monoisotopic (exact) mass is 298 g/mol. The summed E-state index contributed by atoms with van der Waals surface area (Å²) >= 11 is 1.46. The summed E-state index contributed by atoms with van der Waals surface area (Å²) in [6, 6.07) is 9.58. The van der Waals surface area contributed by atoms with Crippen LogP contribution in [-0.4, -0.2) is 22.4 Å². The predicted molar refractivity (Wildman–Crippen MR) is 86.0 cm³/mol. The maximum Gasteiger partial charge on any atom is 0.261 e. The van der Waals surface area contributed by atoms with Crippen LogP contribution in [0.3, 0.4) is 0 Å². The van der Waals surface area contributed by atoms with Crippen LogP contribution in [0.15, 0.2) is 42.7 Å². The van der Waals surface area contributed by atoms with Crippen molar-refractivity contribution in [2.24, 2.45) is 0 Å². The average Bonchev–Trinajstić information content (AvgIpc) is 2.90. The molecule has 3 rings (SSSR count). The molecule has 2 heterocycles. The minimum atomic E-state index is -0.210. The fourth-order valence-corrected chi connectivity index (χ4v) is 2.87. The number of pyridine rings is 1. The molecule has 2 aromatic heterocycles. The summed E-state index contributed by atoms with van der Waals surface area (Å²) in [6.45, 7) is 2.72. The van der Waals surface area contributed by atoms with Gasteiger partial charge in [0.1, 0.15) is 0 Å². The van der Waals surface area contributed by atoms with Crippen molar-refractivity contribution in [2.75, 3.05) is 17.2 Å². The maximum atomic E-state index is 12.4. The topological polar surface area (TPSA) is 66.9 Å². The minimum absolute atomic E-state index is 0.210. The van der Waals surface area contributed by atoms with Gasteiger partial charge in [-0.3, -0.25) is 15.1 Å². The average molecular weight is 298 g/mol. The van der Waals surface area contributed by atoms with E-state index in [1.165, 1.54) is 11.3 Å². The molecule has 5 nitrogen and oxygen atoms in total. The fourth-order valence-electron chi connectivity index (χ4n) is 2.01. The Morgan fingerprint density at radius 3 is 2.95 bits per heavy atom. The van der Waals surface area contributed by atoms with Gasteiger partial charge in [-0.05, 0) is 25.1 Å². The molecule has 21 heavy (non-hydrogen) atoms. The van der Waals surface area contributed by atoms with Crippen molar-refractivity contribution in [3.05, 3.63) is 48.3 Å². The Hall–Kier alpha value is -2.47. The Morgan fingerprint density at radius 1 is 1.29 bits per heavy atom. The van der Waals surface area contributed by atoms with E-state index in [1.54, 1.807) is 18.5 Å². The van der Waals surface area contributed by atoms with Crippen molar-refractivity contribution in [2.45, 2.75) is 6.92 Å². The summed E-state index contributed by atoms with van der Waals surface area (Å²) in [5, 5.41) is 6.58. The van der Waals surface area contributed by atoms with Crippen LogP contribution in [0.2, 0.25) is 0 Å². The van der Waals surface area contributed by atoms with Crippen molar-refractivity contribution in [1.82, 2.24) is 9.97 Å². The molecule has 0 aliphatic heterocycles. The lowest BCUT2D eigenvalue weighted by Crippen LogP contribution is -2.15. The fraction of sp³-hybridized carbons (Fsp3) is 0.133. The Balaban J connectivity index is 1.86. The highest BCUT2D eigenvalue weighted by Crippen LogP contribution is 2.26. The number of amides is 1. The number of hydrogen-bond acceptors (Lipinski definition) is 5. The van der Waals surface area contributed by atoms with E-state index in [4.69, 9.17) is 0 Å². The Bertz CT molecular complexity index is 751. The first-order valence-electron chi connectivity index (χ1n) is 6.62. The molecule has 0 saturated heterocycles. The lowest BCUT2D eigenvalue weighted by molar-refractivity contribution is 0.102. The first-order chi connectivity index (χ1) is 10.3. The normalized spacial score (nSPS) is 10.5. The van der Waals surface area contributed by atoms with Gasteiger partial charge >= 0.3 is 0 Å². The summed E-state index contributed by atoms with van der Waals surface area (Å²) in [5.41, 5.74) is 2.17. The van der Waals surface area contributed by atoms with E-state index in [2.05, 4.69) is 20.6 Å². The molecule has 0 bridgehead atoms. The number of anilines is 2. The van der Waals surface area contributed by atoms with Gasteiger partial charge in [0.2, 0.25) is 0 Å². The number of carbonyl (C=O) groups is 1. The third-order valence-corrected chi connectivity index (χ3v) is 3.90. The van der Waals surface area contributed by atoms with E-state index < -0.39 is 0 Å². The lowest BCUT2D eigenvalue weighted by Gasteiger charge is -2.08. The molecule has 106 valence electrons. The van der Waals surface area contributed by atoms with Crippen molar-refractivity contribution in [3.63, 3.8) is 0 Å². The summed E-state index contributed by atoms with van der Waals surface area (Å²) in [5.74, 6) is -0.210. The van der Waals surface area contributed by atoms with Crippen molar-refractivity contribution in [1.29, 1.82) is 0 Å². The number of thiazole rings is 1. The van der Waals surface area contributed by atoms with Crippen molar-refractivity contribution < 1.29 is 4.79 Å². The van der Waals surface area contributed by atoms with E-state index in [0.717, 1.165) is 22.4 Å². The summed E-state index contributed by atoms with van der Waals surface area (Å²) in [4.78, 5) is 20.8. The van der Waals surface area contributed by atoms with Crippen LogP contribution in [0.25, 0.3) is 10.2 Å². The minimum Gasteiger partial charge on any atom is -0.385 e. The molecule has 0 radical (unpaired) electrons. The lowest BCUT2D eigenvalue weighted by atomic mass is 10.2. The molecule has 1 aromatic carbocycles. The van der Waals surface area contributed by atoms with Gasteiger partial charge in [0.05, 0.1) is 21.5 Å². The van der Waals surface area contributed by atoms with E-state index in [1.807, 2.05) is 31.2 Å². The molecule has 2 N–H and O–H groups in total. The number of aromatic nitrogens is 2.